The summed E-state index contributed by atoms with van der Waals surface area (Å²) in [6.07, 6.45) is 1.46. The Morgan fingerprint density at radius 1 is 1.22 bits per heavy atom. The van der Waals surface area contributed by atoms with Gasteiger partial charge in [-0.2, -0.15) is 5.10 Å². The molecule has 0 aliphatic heterocycles. The molecule has 10 nitrogen and oxygen atoms in total. The highest BCUT2D eigenvalue weighted by atomic mass is 35.5. The molecule has 12 heteroatoms. The molecule has 0 saturated heterocycles. The fourth-order valence-electron chi connectivity index (χ4n) is 4.04. The second-order valence-electron chi connectivity index (χ2n) is 8.84. The van der Waals surface area contributed by atoms with Crippen LogP contribution in [0.4, 0.5) is 4.39 Å². The van der Waals surface area contributed by atoms with Crippen LogP contribution in [0.1, 0.15) is 34.5 Å². The molecule has 37 heavy (non-hydrogen) atoms. The summed E-state index contributed by atoms with van der Waals surface area (Å²) in [4.78, 5) is 50.8. The smallest absolute Gasteiger partial charge is 0.269 e. The molecule has 3 amide bonds. The highest BCUT2D eigenvalue weighted by Crippen LogP contribution is 2.28. The van der Waals surface area contributed by atoms with E-state index in [1.54, 1.807) is 24.3 Å². The number of hydrogen-bond donors (Lipinski definition) is 3. The van der Waals surface area contributed by atoms with Gasteiger partial charge in [0.1, 0.15) is 19.0 Å². The first-order valence-corrected chi connectivity index (χ1v) is 12.0. The Balaban J connectivity index is 1.48. The minimum Gasteiger partial charge on any atom is -0.389 e. The Kier molecular flexibility index (Phi) is 7.84. The number of benzene rings is 2. The molecule has 1 saturated carbocycles. The van der Waals surface area contributed by atoms with E-state index < -0.39 is 24.2 Å². The Labute approximate surface area is 216 Å². The number of carbonyl (C=O) groups excluding carboxylic acids is 4. The molecule has 1 aliphatic rings. The van der Waals surface area contributed by atoms with Crippen LogP contribution in [0.2, 0.25) is 5.02 Å². The number of nitrogens with zero attached hydrogens (tertiary/aromatic N) is 3. The van der Waals surface area contributed by atoms with Gasteiger partial charge in [-0.15, -0.1) is 0 Å². The first-order valence-electron chi connectivity index (χ1n) is 11.6. The summed E-state index contributed by atoms with van der Waals surface area (Å²) in [7, 11) is 0. The van der Waals surface area contributed by atoms with Crippen molar-refractivity contribution in [1.29, 1.82) is 0 Å². The maximum absolute atomic E-state index is 14.1. The third-order valence-corrected chi connectivity index (χ3v) is 6.33. The first kappa shape index (κ1) is 26.2. The van der Waals surface area contributed by atoms with Crippen LogP contribution in [0, 0.1) is 5.82 Å². The molecule has 1 aromatic heterocycles. The molecule has 0 atom stereocenters. The monoisotopic (exact) mass is 529 g/mol. The molecule has 194 valence electrons. The second-order valence-corrected chi connectivity index (χ2v) is 9.25. The van der Waals surface area contributed by atoms with E-state index in [-0.39, 0.29) is 60.1 Å². The lowest BCUT2D eigenvalue weighted by atomic mass is 10.1. The van der Waals surface area contributed by atoms with Crippen LogP contribution in [-0.2, 0) is 33.9 Å². The van der Waals surface area contributed by atoms with Gasteiger partial charge in [0.2, 0.25) is 11.8 Å². The van der Waals surface area contributed by atoms with Gasteiger partial charge in [0.05, 0.1) is 17.1 Å². The van der Waals surface area contributed by atoms with E-state index in [1.165, 1.54) is 21.7 Å². The summed E-state index contributed by atoms with van der Waals surface area (Å²) in [5, 5.41) is 16.2. The van der Waals surface area contributed by atoms with Gasteiger partial charge in [0.15, 0.2) is 11.5 Å². The molecule has 1 aliphatic carbocycles. The predicted molar refractivity (Wildman–Crippen MR) is 132 cm³/mol. The van der Waals surface area contributed by atoms with Crippen molar-refractivity contribution in [2.45, 2.75) is 38.4 Å². The number of ketones is 1. The minimum atomic E-state index is -0.798. The number of fused-ring (bicyclic) bond motifs is 1. The summed E-state index contributed by atoms with van der Waals surface area (Å²) >= 11 is 5.78. The van der Waals surface area contributed by atoms with E-state index in [0.717, 1.165) is 12.8 Å². The Morgan fingerprint density at radius 3 is 2.65 bits per heavy atom. The van der Waals surface area contributed by atoms with Crippen LogP contribution < -0.4 is 11.1 Å². The van der Waals surface area contributed by atoms with E-state index in [4.69, 9.17) is 22.4 Å². The summed E-state index contributed by atoms with van der Waals surface area (Å²) < 4.78 is 15.4. The molecule has 1 fully saturated rings. The quantitative estimate of drug-likeness (QED) is 0.341. The number of carbonyl (C=O) groups is 4. The van der Waals surface area contributed by atoms with Gasteiger partial charge in [-0.25, -0.2) is 4.39 Å². The third kappa shape index (κ3) is 6.12. The van der Waals surface area contributed by atoms with Crippen molar-refractivity contribution >= 4 is 46.0 Å². The van der Waals surface area contributed by atoms with E-state index in [0.29, 0.717) is 16.5 Å². The molecule has 1 heterocycles. The Bertz CT molecular complexity index is 1390. The lowest BCUT2D eigenvalue weighted by Crippen LogP contribution is -2.43. The topological polar surface area (TPSA) is 148 Å². The van der Waals surface area contributed by atoms with Crippen molar-refractivity contribution in [2.24, 2.45) is 5.73 Å². The number of nitrogens with two attached hydrogens (primary N) is 1. The largest absolute Gasteiger partial charge is 0.389 e. The fourth-order valence-corrected chi connectivity index (χ4v) is 4.23. The molecule has 0 bridgehead atoms. The maximum atomic E-state index is 14.1. The second kappa shape index (κ2) is 11.1. The van der Waals surface area contributed by atoms with Gasteiger partial charge in [-0.05, 0) is 36.6 Å². The van der Waals surface area contributed by atoms with Gasteiger partial charge in [-0.1, -0.05) is 29.8 Å². The zero-order valence-corrected chi connectivity index (χ0v) is 20.5. The van der Waals surface area contributed by atoms with Crippen molar-refractivity contribution < 1.29 is 28.7 Å². The van der Waals surface area contributed by atoms with Crippen LogP contribution in [0.25, 0.3) is 10.9 Å². The maximum Gasteiger partial charge on any atom is 0.269 e. The molecule has 3 aromatic rings. The van der Waals surface area contributed by atoms with Gasteiger partial charge >= 0.3 is 0 Å². The Hall–Kier alpha value is -3.83. The molecular formula is C25H25ClFN5O5. The average Bonchev–Trinajstić information content (AvgIpc) is 3.65. The first-order chi connectivity index (χ1) is 17.7. The summed E-state index contributed by atoms with van der Waals surface area (Å²) in [6, 6.07) is 9.24. The number of Topliss-reactive ketones (excluding diaryl/α,β-unsaturated/α-hetero) is 1. The standard InChI is InChI=1S/C25H25ClFN5O5/c26-19-3-1-2-15(23(19)27)10-29-21(35)11-31(16-5-6-16)22(36)12-32-20-7-4-14(8-17(34)13-33)9-18(20)24(30-32)25(28)37/h1-4,7,9,16,33H,5-6,8,10-13H2,(H2,28,37)(H,29,35). The number of aliphatic hydroxyl groups excluding tert-OH is 1. The van der Waals surface area contributed by atoms with Crippen LogP contribution in [0.3, 0.4) is 0 Å². The summed E-state index contributed by atoms with van der Waals surface area (Å²) in [6.45, 7) is -1.15. The number of hydrogen-bond acceptors (Lipinski definition) is 6. The molecule has 4 N–H and O–H groups in total. The fraction of sp³-hybridized carbons (Fsp3) is 0.320. The zero-order valence-electron chi connectivity index (χ0n) is 19.7. The van der Waals surface area contributed by atoms with Gasteiger partial charge in [0.25, 0.3) is 5.91 Å². The Morgan fingerprint density at radius 2 is 1.97 bits per heavy atom. The highest BCUT2D eigenvalue weighted by Gasteiger charge is 2.34. The average molecular weight is 530 g/mol. The van der Waals surface area contributed by atoms with Crippen molar-refractivity contribution in [2.75, 3.05) is 13.2 Å². The molecule has 0 radical (unpaired) electrons. The molecule has 0 unspecified atom stereocenters. The van der Waals surface area contributed by atoms with Crippen molar-refractivity contribution in [3.8, 4) is 0 Å². The van der Waals surface area contributed by atoms with E-state index in [9.17, 15) is 23.6 Å². The number of primary amides is 1. The predicted octanol–water partition coefficient (Wildman–Crippen LogP) is 1.34. The number of aromatic nitrogens is 2. The van der Waals surface area contributed by atoms with Crippen LogP contribution in [-0.4, -0.2) is 62.5 Å². The number of amides is 3. The minimum absolute atomic E-state index is 0.0294. The third-order valence-electron chi connectivity index (χ3n) is 6.04. The number of rotatable bonds is 11. The van der Waals surface area contributed by atoms with Gasteiger partial charge in [0, 0.05) is 30.0 Å². The molecular weight excluding hydrogens is 505 g/mol. The van der Waals surface area contributed by atoms with Crippen LogP contribution in [0.15, 0.2) is 36.4 Å². The van der Waals surface area contributed by atoms with Crippen molar-refractivity contribution in [3.05, 3.63) is 64.1 Å². The molecule has 0 spiro atoms. The summed E-state index contributed by atoms with van der Waals surface area (Å²) in [5.74, 6) is -2.64. The van der Waals surface area contributed by atoms with E-state index in [2.05, 4.69) is 10.4 Å². The lowest BCUT2D eigenvalue weighted by molar-refractivity contribution is -0.137. The van der Waals surface area contributed by atoms with E-state index >= 15 is 0 Å². The number of nitrogens with one attached hydrogen (secondary N) is 1. The highest BCUT2D eigenvalue weighted by molar-refractivity contribution is 6.30. The summed E-state index contributed by atoms with van der Waals surface area (Å²) in [5.41, 5.74) is 6.68. The lowest BCUT2D eigenvalue weighted by Gasteiger charge is -2.22. The van der Waals surface area contributed by atoms with Crippen LogP contribution >= 0.6 is 11.6 Å². The number of aliphatic hydroxyl groups is 1. The zero-order chi connectivity index (χ0) is 26.7. The van der Waals surface area contributed by atoms with Crippen LogP contribution in [0.5, 0.6) is 0 Å². The molecule has 2 aromatic carbocycles. The normalized spacial score (nSPS) is 12.9. The number of halogens is 2. The van der Waals surface area contributed by atoms with E-state index in [1.807, 2.05) is 0 Å². The van der Waals surface area contributed by atoms with Crippen molar-refractivity contribution in [1.82, 2.24) is 20.0 Å². The molecule has 4 rings (SSSR count). The SMILES string of the molecule is NC(=O)c1nn(CC(=O)N(CC(=O)NCc2cccc(Cl)c2F)C2CC2)c2ccc(CC(=O)CO)cc12. The van der Waals surface area contributed by atoms with Gasteiger partial charge in [-0.3, -0.25) is 23.9 Å². The van der Waals surface area contributed by atoms with Gasteiger partial charge < -0.3 is 21.1 Å². The van der Waals surface area contributed by atoms with Crippen molar-refractivity contribution in [3.63, 3.8) is 0 Å².